The molecule has 2 heterocycles. The predicted octanol–water partition coefficient (Wildman–Crippen LogP) is 4.58. The van der Waals surface area contributed by atoms with Gasteiger partial charge in [0, 0.05) is 24.9 Å². The molecule has 0 saturated carbocycles. The molecule has 1 aliphatic heterocycles. The van der Waals surface area contributed by atoms with E-state index in [0.717, 1.165) is 34.9 Å². The molecule has 1 amide bonds. The lowest BCUT2D eigenvalue weighted by Gasteiger charge is -2.35. The number of carbonyl (C=O) groups excluding carboxylic acids is 1. The van der Waals surface area contributed by atoms with Gasteiger partial charge < -0.3 is 10.1 Å². The summed E-state index contributed by atoms with van der Waals surface area (Å²) in [5, 5.41) is 4.19. The van der Waals surface area contributed by atoms with Gasteiger partial charge in [0.25, 0.3) is 0 Å². The maximum Gasteiger partial charge on any atom is 0.220 e. The number of aromatic nitrogens is 1. The first-order valence-corrected chi connectivity index (χ1v) is 11.5. The number of ether oxygens (including phenoxy) is 1. The van der Waals surface area contributed by atoms with Crippen LogP contribution in [0.4, 0.5) is 0 Å². The van der Waals surface area contributed by atoms with E-state index in [-0.39, 0.29) is 11.9 Å². The van der Waals surface area contributed by atoms with Gasteiger partial charge in [0.15, 0.2) is 0 Å². The third-order valence-corrected chi connectivity index (χ3v) is 6.82. The Hall–Kier alpha value is -2.44. The topological polar surface area (TPSA) is 54.5 Å². The molecule has 158 valence electrons. The molecule has 0 aliphatic carbocycles. The van der Waals surface area contributed by atoms with Crippen molar-refractivity contribution in [2.24, 2.45) is 0 Å². The number of aryl methyl sites for hydroxylation is 1. The van der Waals surface area contributed by atoms with Crippen LogP contribution in [-0.2, 0) is 11.2 Å². The van der Waals surface area contributed by atoms with Crippen molar-refractivity contribution >= 4 is 27.5 Å². The molecule has 2 aromatic carbocycles. The second kappa shape index (κ2) is 10.0. The van der Waals surface area contributed by atoms with Gasteiger partial charge in [0.2, 0.25) is 5.91 Å². The zero-order valence-electron chi connectivity index (χ0n) is 17.5. The fraction of sp³-hybridized carbons (Fsp3) is 0.417. The Morgan fingerprint density at radius 3 is 2.70 bits per heavy atom. The highest BCUT2D eigenvalue weighted by atomic mass is 32.1. The van der Waals surface area contributed by atoms with E-state index >= 15 is 0 Å². The molecule has 1 saturated heterocycles. The summed E-state index contributed by atoms with van der Waals surface area (Å²) in [5.74, 6) is 0.961. The number of carbonyl (C=O) groups is 1. The third-order valence-electron chi connectivity index (χ3n) is 5.73. The summed E-state index contributed by atoms with van der Waals surface area (Å²) in [6, 6.07) is 16.4. The Morgan fingerprint density at radius 1 is 1.13 bits per heavy atom. The van der Waals surface area contributed by atoms with Gasteiger partial charge in [-0.3, -0.25) is 9.69 Å². The van der Waals surface area contributed by atoms with Gasteiger partial charge >= 0.3 is 0 Å². The number of benzene rings is 2. The Kier molecular flexibility index (Phi) is 6.97. The molecule has 1 aliphatic rings. The lowest BCUT2D eigenvalue weighted by atomic mass is 10.0. The van der Waals surface area contributed by atoms with Gasteiger partial charge in [-0.1, -0.05) is 36.8 Å². The van der Waals surface area contributed by atoms with Crippen LogP contribution in [-0.4, -0.2) is 42.5 Å². The number of fused-ring (bicyclic) bond motifs is 1. The Bertz CT molecular complexity index is 948. The molecule has 0 radical (unpaired) electrons. The number of rotatable bonds is 8. The van der Waals surface area contributed by atoms with Gasteiger partial charge in [-0.25, -0.2) is 4.98 Å². The van der Waals surface area contributed by atoms with Gasteiger partial charge in [0.1, 0.15) is 5.75 Å². The van der Waals surface area contributed by atoms with Crippen LogP contribution in [0.15, 0.2) is 48.5 Å². The molecule has 6 heteroatoms. The summed E-state index contributed by atoms with van der Waals surface area (Å²) in [5.41, 5.74) is 2.16. The van der Waals surface area contributed by atoms with E-state index in [1.165, 1.54) is 24.0 Å². The summed E-state index contributed by atoms with van der Waals surface area (Å²) in [4.78, 5) is 19.7. The van der Waals surface area contributed by atoms with E-state index in [1.54, 1.807) is 18.4 Å². The number of thiazole rings is 1. The van der Waals surface area contributed by atoms with Crippen LogP contribution in [0.25, 0.3) is 10.2 Å². The second-order valence-corrected chi connectivity index (χ2v) is 8.85. The van der Waals surface area contributed by atoms with Crippen LogP contribution in [0.1, 0.15) is 42.3 Å². The zero-order chi connectivity index (χ0) is 20.8. The first-order valence-electron chi connectivity index (χ1n) is 10.7. The van der Waals surface area contributed by atoms with Gasteiger partial charge in [-0.05, 0) is 44.1 Å². The Labute approximate surface area is 182 Å². The summed E-state index contributed by atoms with van der Waals surface area (Å²) in [7, 11) is 1.71. The zero-order valence-corrected chi connectivity index (χ0v) is 18.3. The van der Waals surface area contributed by atoms with Crippen LogP contribution < -0.4 is 10.1 Å². The highest BCUT2D eigenvalue weighted by Gasteiger charge is 2.25. The van der Waals surface area contributed by atoms with Crippen molar-refractivity contribution in [3.63, 3.8) is 0 Å². The predicted molar refractivity (Wildman–Crippen MR) is 122 cm³/mol. The molecule has 5 nitrogen and oxygen atoms in total. The maximum atomic E-state index is 12.6. The molecule has 1 fully saturated rings. The number of nitrogens with one attached hydrogen (secondary N) is 1. The molecule has 1 N–H and O–H groups in total. The summed E-state index contributed by atoms with van der Waals surface area (Å²) in [6.45, 7) is 2.72. The smallest absolute Gasteiger partial charge is 0.220 e. The number of likely N-dealkylation sites (tertiary alicyclic amines) is 1. The molecular weight excluding hydrogens is 394 g/mol. The quantitative estimate of drug-likeness (QED) is 0.576. The first-order chi connectivity index (χ1) is 14.7. The normalized spacial score (nSPS) is 15.8. The van der Waals surface area contributed by atoms with E-state index in [9.17, 15) is 4.79 Å². The third kappa shape index (κ3) is 4.99. The van der Waals surface area contributed by atoms with Crippen LogP contribution in [0.5, 0.6) is 5.75 Å². The molecule has 1 aromatic heterocycles. The number of para-hydroxylation sites is 2. The van der Waals surface area contributed by atoms with Crippen molar-refractivity contribution < 1.29 is 9.53 Å². The van der Waals surface area contributed by atoms with Crippen molar-refractivity contribution in [2.75, 3.05) is 26.7 Å². The van der Waals surface area contributed by atoms with E-state index in [1.807, 2.05) is 36.4 Å². The van der Waals surface area contributed by atoms with Crippen molar-refractivity contribution in [1.82, 2.24) is 15.2 Å². The van der Waals surface area contributed by atoms with Crippen molar-refractivity contribution in [2.45, 2.75) is 38.1 Å². The fourth-order valence-corrected chi connectivity index (χ4v) is 5.12. The maximum absolute atomic E-state index is 12.6. The van der Waals surface area contributed by atoms with Crippen LogP contribution in [0, 0.1) is 0 Å². The fourth-order valence-electron chi connectivity index (χ4n) is 4.15. The molecular formula is C24H29N3O2S. The SMILES string of the molecule is COc1ccccc1C(CNC(=O)CCc1nc2ccccc2s1)N1CCCCC1. The molecule has 3 aromatic rings. The monoisotopic (exact) mass is 423 g/mol. The van der Waals surface area contributed by atoms with Crippen LogP contribution in [0.2, 0.25) is 0 Å². The van der Waals surface area contributed by atoms with Gasteiger partial charge in [-0.2, -0.15) is 0 Å². The molecule has 0 bridgehead atoms. The molecule has 4 rings (SSSR count). The number of hydrogen-bond acceptors (Lipinski definition) is 5. The van der Waals surface area contributed by atoms with E-state index in [2.05, 4.69) is 27.3 Å². The van der Waals surface area contributed by atoms with E-state index < -0.39 is 0 Å². The second-order valence-electron chi connectivity index (χ2n) is 7.73. The van der Waals surface area contributed by atoms with Crippen LogP contribution >= 0.6 is 11.3 Å². The number of methoxy groups -OCH3 is 1. The van der Waals surface area contributed by atoms with Crippen molar-refractivity contribution in [3.8, 4) is 5.75 Å². The number of amides is 1. The van der Waals surface area contributed by atoms with Crippen molar-refractivity contribution in [1.29, 1.82) is 0 Å². The minimum atomic E-state index is 0.0752. The molecule has 30 heavy (non-hydrogen) atoms. The summed E-state index contributed by atoms with van der Waals surface area (Å²) >= 11 is 1.67. The number of nitrogens with zero attached hydrogens (tertiary/aromatic N) is 2. The largest absolute Gasteiger partial charge is 0.496 e. The number of piperidine rings is 1. The van der Waals surface area contributed by atoms with Crippen LogP contribution in [0.3, 0.4) is 0 Å². The summed E-state index contributed by atoms with van der Waals surface area (Å²) in [6.07, 6.45) is 4.82. The lowest BCUT2D eigenvalue weighted by Crippen LogP contribution is -2.40. The van der Waals surface area contributed by atoms with E-state index in [4.69, 9.17) is 4.74 Å². The highest BCUT2D eigenvalue weighted by Crippen LogP contribution is 2.31. The minimum Gasteiger partial charge on any atom is -0.496 e. The highest BCUT2D eigenvalue weighted by molar-refractivity contribution is 7.18. The Balaban J connectivity index is 1.39. The van der Waals surface area contributed by atoms with Gasteiger partial charge in [0.05, 0.1) is 28.4 Å². The number of hydrogen-bond donors (Lipinski definition) is 1. The molecule has 1 unspecified atom stereocenters. The van der Waals surface area contributed by atoms with Crippen molar-refractivity contribution in [3.05, 3.63) is 59.1 Å². The van der Waals surface area contributed by atoms with Gasteiger partial charge in [-0.15, -0.1) is 11.3 Å². The Morgan fingerprint density at radius 2 is 1.90 bits per heavy atom. The first kappa shape index (κ1) is 20.8. The minimum absolute atomic E-state index is 0.0752. The average molecular weight is 424 g/mol. The molecule has 1 atom stereocenters. The van der Waals surface area contributed by atoms with E-state index in [0.29, 0.717) is 19.4 Å². The summed E-state index contributed by atoms with van der Waals surface area (Å²) < 4.78 is 6.79. The average Bonchev–Trinajstić information content (AvgIpc) is 3.22. The standard InChI is InChI=1S/C24H29N3O2S/c1-29-21-11-5-3-9-18(21)20(27-15-7-2-8-16-27)17-25-23(28)13-14-24-26-19-10-4-6-12-22(19)30-24/h3-6,9-12,20H,2,7-8,13-17H2,1H3,(H,25,28). The lowest BCUT2D eigenvalue weighted by molar-refractivity contribution is -0.121. The molecule has 0 spiro atoms.